The monoisotopic (exact) mass is 233 g/mol. The Hall–Kier alpha value is -1.74. The molecular formula is C10H11N5S. The molecule has 5 nitrogen and oxygen atoms in total. The lowest BCUT2D eigenvalue weighted by Gasteiger charge is -2.16. The Bertz CT molecular complexity index is 566. The standard InChI is InChI=1S/C10H11N5S/c1-14(2)10-7(6-11)9(16-3)13-8-4-5-12-15(8)10/h4-5H,1-3H3. The lowest BCUT2D eigenvalue weighted by molar-refractivity contribution is 0.870. The van der Waals surface area contributed by atoms with Crippen LogP contribution in [0.2, 0.25) is 0 Å². The fraction of sp³-hybridized carbons (Fsp3) is 0.300. The lowest BCUT2D eigenvalue weighted by atomic mass is 10.3. The van der Waals surface area contributed by atoms with Crippen molar-refractivity contribution in [2.24, 2.45) is 0 Å². The van der Waals surface area contributed by atoms with Crippen molar-refractivity contribution < 1.29 is 0 Å². The molecule has 0 saturated heterocycles. The zero-order chi connectivity index (χ0) is 11.7. The summed E-state index contributed by atoms with van der Waals surface area (Å²) in [4.78, 5) is 6.26. The Morgan fingerprint density at radius 3 is 2.81 bits per heavy atom. The molecule has 0 aliphatic heterocycles. The van der Waals surface area contributed by atoms with E-state index in [4.69, 9.17) is 0 Å². The van der Waals surface area contributed by atoms with Crippen LogP contribution in [0.1, 0.15) is 5.56 Å². The highest BCUT2D eigenvalue weighted by atomic mass is 32.2. The number of aromatic nitrogens is 3. The van der Waals surface area contributed by atoms with E-state index in [9.17, 15) is 5.26 Å². The van der Waals surface area contributed by atoms with Gasteiger partial charge in [0.05, 0.1) is 6.20 Å². The zero-order valence-corrected chi connectivity index (χ0v) is 10.1. The van der Waals surface area contributed by atoms with Crippen LogP contribution >= 0.6 is 11.8 Å². The summed E-state index contributed by atoms with van der Waals surface area (Å²) < 4.78 is 1.68. The van der Waals surface area contributed by atoms with Gasteiger partial charge in [-0.1, -0.05) is 0 Å². The molecule has 2 heterocycles. The molecule has 0 amide bonds. The molecule has 0 spiro atoms. The van der Waals surface area contributed by atoms with Gasteiger partial charge in [-0.2, -0.15) is 14.9 Å². The van der Waals surface area contributed by atoms with E-state index in [2.05, 4.69) is 16.2 Å². The van der Waals surface area contributed by atoms with E-state index in [0.29, 0.717) is 5.56 Å². The highest BCUT2D eigenvalue weighted by Crippen LogP contribution is 2.27. The second-order valence-electron chi connectivity index (χ2n) is 3.43. The van der Waals surface area contributed by atoms with E-state index >= 15 is 0 Å². The van der Waals surface area contributed by atoms with Crippen LogP contribution in [0, 0.1) is 11.3 Å². The minimum absolute atomic E-state index is 0.564. The smallest absolute Gasteiger partial charge is 0.158 e. The van der Waals surface area contributed by atoms with Gasteiger partial charge in [-0.05, 0) is 6.26 Å². The molecule has 6 heteroatoms. The van der Waals surface area contributed by atoms with Gasteiger partial charge in [0, 0.05) is 20.2 Å². The first-order chi connectivity index (χ1) is 7.69. The summed E-state index contributed by atoms with van der Waals surface area (Å²) in [5.74, 6) is 0.766. The van der Waals surface area contributed by atoms with E-state index in [1.807, 2.05) is 31.3 Å². The molecule has 2 aromatic heterocycles. The molecule has 0 radical (unpaired) electrons. The molecule has 0 aliphatic carbocycles. The van der Waals surface area contributed by atoms with Crippen LogP contribution in [0.15, 0.2) is 17.3 Å². The fourth-order valence-electron chi connectivity index (χ4n) is 1.56. The third-order valence-electron chi connectivity index (χ3n) is 2.21. The molecule has 0 bridgehead atoms. The summed E-state index contributed by atoms with van der Waals surface area (Å²) >= 11 is 1.47. The van der Waals surface area contributed by atoms with Crippen LogP contribution in [-0.4, -0.2) is 34.9 Å². The van der Waals surface area contributed by atoms with Gasteiger partial charge in [-0.25, -0.2) is 4.98 Å². The molecule has 16 heavy (non-hydrogen) atoms. The first-order valence-corrected chi connectivity index (χ1v) is 5.90. The van der Waals surface area contributed by atoms with E-state index in [1.165, 1.54) is 11.8 Å². The lowest BCUT2D eigenvalue weighted by Crippen LogP contribution is -2.17. The summed E-state index contributed by atoms with van der Waals surface area (Å²) in [5, 5.41) is 14.1. The number of thioether (sulfide) groups is 1. The van der Waals surface area contributed by atoms with Crippen molar-refractivity contribution >= 4 is 23.2 Å². The first kappa shape index (κ1) is 10.8. The third kappa shape index (κ3) is 1.49. The summed E-state index contributed by atoms with van der Waals surface area (Å²) in [6.07, 6.45) is 3.59. The Labute approximate surface area is 97.7 Å². The quantitative estimate of drug-likeness (QED) is 0.579. The first-order valence-electron chi connectivity index (χ1n) is 4.68. The molecule has 0 N–H and O–H groups in total. The fourth-order valence-corrected chi connectivity index (χ4v) is 2.09. The predicted molar refractivity (Wildman–Crippen MR) is 63.8 cm³/mol. The zero-order valence-electron chi connectivity index (χ0n) is 9.30. The van der Waals surface area contributed by atoms with Crippen molar-refractivity contribution in [1.29, 1.82) is 5.26 Å². The van der Waals surface area contributed by atoms with Crippen LogP contribution in [0.5, 0.6) is 0 Å². The van der Waals surface area contributed by atoms with E-state index < -0.39 is 0 Å². The maximum absolute atomic E-state index is 9.21. The minimum Gasteiger partial charge on any atom is -0.361 e. The molecule has 0 fully saturated rings. The van der Waals surface area contributed by atoms with Crippen molar-refractivity contribution in [3.63, 3.8) is 0 Å². The number of nitrogens with zero attached hydrogens (tertiary/aromatic N) is 5. The topological polar surface area (TPSA) is 57.2 Å². The highest BCUT2D eigenvalue weighted by molar-refractivity contribution is 7.98. The second kappa shape index (κ2) is 4.02. The van der Waals surface area contributed by atoms with Crippen molar-refractivity contribution in [2.45, 2.75) is 5.03 Å². The molecule has 82 valence electrons. The van der Waals surface area contributed by atoms with Gasteiger partial charge < -0.3 is 4.90 Å². The molecule has 0 aliphatic rings. The second-order valence-corrected chi connectivity index (χ2v) is 4.22. The normalized spacial score (nSPS) is 10.4. The molecule has 0 unspecified atom stereocenters. The van der Waals surface area contributed by atoms with Gasteiger partial charge >= 0.3 is 0 Å². The number of nitriles is 1. The molecule has 0 aromatic carbocycles. The Balaban J connectivity index is 2.88. The average molecular weight is 233 g/mol. The summed E-state index contributed by atoms with van der Waals surface area (Å²) in [6.45, 7) is 0. The van der Waals surface area contributed by atoms with Crippen molar-refractivity contribution in [1.82, 2.24) is 14.6 Å². The number of rotatable bonds is 2. The Morgan fingerprint density at radius 1 is 1.50 bits per heavy atom. The van der Waals surface area contributed by atoms with E-state index in [1.54, 1.807) is 10.7 Å². The summed E-state index contributed by atoms with van der Waals surface area (Å²) in [7, 11) is 3.78. The van der Waals surface area contributed by atoms with E-state index in [-0.39, 0.29) is 0 Å². The van der Waals surface area contributed by atoms with Gasteiger partial charge in [-0.3, -0.25) is 0 Å². The molecular weight excluding hydrogens is 222 g/mol. The van der Waals surface area contributed by atoms with Crippen LogP contribution in [-0.2, 0) is 0 Å². The Kier molecular flexibility index (Phi) is 2.71. The SMILES string of the molecule is CSc1nc2ccnn2c(N(C)C)c1C#N. The number of fused-ring (bicyclic) bond motifs is 1. The van der Waals surface area contributed by atoms with Crippen LogP contribution < -0.4 is 4.90 Å². The number of hydrogen-bond donors (Lipinski definition) is 0. The average Bonchev–Trinajstić information content (AvgIpc) is 2.73. The molecule has 0 saturated carbocycles. The molecule has 2 rings (SSSR count). The summed E-state index contributed by atoms with van der Waals surface area (Å²) in [5.41, 5.74) is 1.32. The predicted octanol–water partition coefficient (Wildman–Crippen LogP) is 1.39. The molecule has 0 atom stereocenters. The molecule has 2 aromatic rings. The maximum Gasteiger partial charge on any atom is 0.158 e. The van der Waals surface area contributed by atoms with Crippen LogP contribution in [0.25, 0.3) is 5.65 Å². The van der Waals surface area contributed by atoms with Gasteiger partial charge in [-0.15, -0.1) is 11.8 Å². The highest BCUT2D eigenvalue weighted by Gasteiger charge is 2.16. The summed E-state index contributed by atoms with van der Waals surface area (Å²) in [6, 6.07) is 4.02. The van der Waals surface area contributed by atoms with Crippen molar-refractivity contribution in [3.05, 3.63) is 17.8 Å². The minimum atomic E-state index is 0.564. The number of hydrogen-bond acceptors (Lipinski definition) is 5. The van der Waals surface area contributed by atoms with Gasteiger partial charge in [0.2, 0.25) is 0 Å². The maximum atomic E-state index is 9.21. The number of anilines is 1. The Morgan fingerprint density at radius 2 is 2.25 bits per heavy atom. The third-order valence-corrected chi connectivity index (χ3v) is 2.89. The van der Waals surface area contributed by atoms with Crippen molar-refractivity contribution in [2.75, 3.05) is 25.3 Å². The van der Waals surface area contributed by atoms with Crippen molar-refractivity contribution in [3.8, 4) is 6.07 Å². The van der Waals surface area contributed by atoms with Gasteiger partial charge in [0.25, 0.3) is 0 Å². The largest absolute Gasteiger partial charge is 0.361 e. The van der Waals surface area contributed by atoms with E-state index in [0.717, 1.165) is 16.5 Å². The van der Waals surface area contributed by atoms with Crippen LogP contribution in [0.4, 0.5) is 5.82 Å². The van der Waals surface area contributed by atoms with Gasteiger partial charge in [0.1, 0.15) is 16.7 Å². The van der Waals surface area contributed by atoms with Gasteiger partial charge in [0.15, 0.2) is 11.5 Å². The van der Waals surface area contributed by atoms with Crippen LogP contribution in [0.3, 0.4) is 0 Å².